The van der Waals surface area contributed by atoms with Gasteiger partial charge in [0.25, 0.3) is 5.89 Å². The van der Waals surface area contributed by atoms with Crippen molar-refractivity contribution in [3.8, 4) is 11.5 Å². The zero-order valence-corrected chi connectivity index (χ0v) is 9.96. The molecule has 1 aromatic heterocycles. The van der Waals surface area contributed by atoms with Gasteiger partial charge in [-0.15, -0.1) is 0 Å². The minimum atomic E-state index is -0.504. The van der Waals surface area contributed by atoms with Gasteiger partial charge in [0, 0.05) is 5.56 Å². The Morgan fingerprint density at radius 2 is 2.29 bits per heavy atom. The summed E-state index contributed by atoms with van der Waals surface area (Å²) in [7, 11) is 0. The number of hydrogen-bond acceptors (Lipinski definition) is 4. The van der Waals surface area contributed by atoms with Gasteiger partial charge in [0.15, 0.2) is 5.82 Å². The molecule has 0 aliphatic heterocycles. The molecular weight excluding hydrogens is 245 g/mol. The molecule has 17 heavy (non-hydrogen) atoms. The SMILES string of the molecule is CCNCc1noc(-c2ccc(Cl)c(F)c2)n1. The fourth-order valence-corrected chi connectivity index (χ4v) is 1.43. The maximum Gasteiger partial charge on any atom is 0.258 e. The predicted octanol–water partition coefficient (Wildman–Crippen LogP) is 2.64. The Morgan fingerprint density at radius 1 is 1.47 bits per heavy atom. The molecule has 1 N–H and O–H groups in total. The Kier molecular flexibility index (Phi) is 3.71. The first-order valence-corrected chi connectivity index (χ1v) is 5.57. The van der Waals surface area contributed by atoms with Crippen molar-refractivity contribution in [2.45, 2.75) is 13.5 Å². The highest BCUT2D eigenvalue weighted by Crippen LogP contribution is 2.22. The van der Waals surface area contributed by atoms with Gasteiger partial charge in [-0.05, 0) is 24.7 Å². The fraction of sp³-hybridized carbons (Fsp3) is 0.273. The second kappa shape index (κ2) is 5.25. The number of nitrogens with zero attached hydrogens (tertiary/aromatic N) is 2. The third-order valence-electron chi connectivity index (χ3n) is 2.17. The van der Waals surface area contributed by atoms with Crippen LogP contribution in [0.1, 0.15) is 12.7 Å². The molecule has 0 saturated heterocycles. The van der Waals surface area contributed by atoms with E-state index >= 15 is 0 Å². The Bertz CT molecular complexity index is 515. The monoisotopic (exact) mass is 255 g/mol. The van der Waals surface area contributed by atoms with Crippen molar-refractivity contribution in [1.82, 2.24) is 15.5 Å². The summed E-state index contributed by atoms with van der Waals surface area (Å²) in [6.07, 6.45) is 0. The van der Waals surface area contributed by atoms with E-state index in [-0.39, 0.29) is 10.9 Å². The van der Waals surface area contributed by atoms with E-state index in [1.165, 1.54) is 12.1 Å². The number of benzene rings is 1. The van der Waals surface area contributed by atoms with E-state index in [1.807, 2.05) is 6.92 Å². The van der Waals surface area contributed by atoms with Gasteiger partial charge in [-0.25, -0.2) is 4.39 Å². The highest BCUT2D eigenvalue weighted by Gasteiger charge is 2.10. The summed E-state index contributed by atoms with van der Waals surface area (Å²) in [5.74, 6) is 0.321. The van der Waals surface area contributed by atoms with Crippen LogP contribution in [0.2, 0.25) is 5.02 Å². The molecule has 2 aromatic rings. The van der Waals surface area contributed by atoms with Gasteiger partial charge in [-0.1, -0.05) is 23.7 Å². The summed E-state index contributed by atoms with van der Waals surface area (Å²) < 4.78 is 18.3. The van der Waals surface area contributed by atoms with Crippen LogP contribution in [-0.4, -0.2) is 16.7 Å². The van der Waals surface area contributed by atoms with Gasteiger partial charge in [-0.2, -0.15) is 4.98 Å². The third kappa shape index (κ3) is 2.81. The Labute approximate surface area is 103 Å². The molecular formula is C11H11ClFN3O. The van der Waals surface area contributed by atoms with E-state index in [2.05, 4.69) is 15.5 Å². The van der Waals surface area contributed by atoms with Gasteiger partial charge in [0.05, 0.1) is 11.6 Å². The summed E-state index contributed by atoms with van der Waals surface area (Å²) in [6, 6.07) is 4.36. The van der Waals surface area contributed by atoms with Crippen molar-refractivity contribution < 1.29 is 8.91 Å². The van der Waals surface area contributed by atoms with E-state index in [0.717, 1.165) is 6.54 Å². The molecule has 0 fully saturated rings. The average molecular weight is 256 g/mol. The summed E-state index contributed by atoms with van der Waals surface area (Å²) in [5.41, 5.74) is 0.516. The topological polar surface area (TPSA) is 51.0 Å². The Balaban J connectivity index is 2.21. The molecule has 4 nitrogen and oxygen atoms in total. The lowest BCUT2D eigenvalue weighted by Gasteiger charge is -1.96. The van der Waals surface area contributed by atoms with Crippen LogP contribution >= 0.6 is 11.6 Å². The van der Waals surface area contributed by atoms with Crippen molar-refractivity contribution in [2.75, 3.05) is 6.54 Å². The molecule has 0 atom stereocenters. The molecule has 0 spiro atoms. The molecule has 2 rings (SSSR count). The maximum atomic E-state index is 13.2. The van der Waals surface area contributed by atoms with Crippen molar-refractivity contribution in [3.63, 3.8) is 0 Å². The highest BCUT2D eigenvalue weighted by molar-refractivity contribution is 6.30. The normalized spacial score (nSPS) is 10.8. The summed E-state index contributed by atoms with van der Waals surface area (Å²) >= 11 is 5.59. The second-order valence-electron chi connectivity index (χ2n) is 3.42. The smallest absolute Gasteiger partial charge is 0.258 e. The first-order chi connectivity index (χ1) is 8.20. The van der Waals surface area contributed by atoms with Gasteiger partial charge in [0.1, 0.15) is 5.82 Å². The molecule has 0 saturated carbocycles. The van der Waals surface area contributed by atoms with Crippen molar-refractivity contribution in [3.05, 3.63) is 34.9 Å². The molecule has 0 aliphatic rings. The van der Waals surface area contributed by atoms with Crippen LogP contribution in [0.3, 0.4) is 0 Å². The van der Waals surface area contributed by atoms with E-state index in [4.69, 9.17) is 16.1 Å². The molecule has 0 radical (unpaired) electrons. The minimum Gasteiger partial charge on any atom is -0.334 e. The molecule has 1 aromatic carbocycles. The van der Waals surface area contributed by atoms with Crippen molar-refractivity contribution in [2.24, 2.45) is 0 Å². The Hall–Kier alpha value is -1.46. The molecule has 0 aliphatic carbocycles. The zero-order chi connectivity index (χ0) is 12.3. The molecule has 6 heteroatoms. The van der Waals surface area contributed by atoms with Gasteiger partial charge >= 0.3 is 0 Å². The van der Waals surface area contributed by atoms with Crippen molar-refractivity contribution >= 4 is 11.6 Å². The summed E-state index contributed by atoms with van der Waals surface area (Å²) in [4.78, 5) is 4.14. The van der Waals surface area contributed by atoms with Gasteiger partial charge < -0.3 is 9.84 Å². The van der Waals surface area contributed by atoms with E-state index in [1.54, 1.807) is 6.07 Å². The molecule has 90 valence electrons. The lowest BCUT2D eigenvalue weighted by molar-refractivity contribution is 0.419. The van der Waals surface area contributed by atoms with Gasteiger partial charge in [0.2, 0.25) is 0 Å². The van der Waals surface area contributed by atoms with Gasteiger partial charge in [-0.3, -0.25) is 0 Å². The van der Waals surface area contributed by atoms with E-state index in [0.29, 0.717) is 17.9 Å². The number of halogens is 2. The number of nitrogens with one attached hydrogen (secondary N) is 1. The quantitative estimate of drug-likeness (QED) is 0.913. The lowest BCUT2D eigenvalue weighted by atomic mass is 10.2. The van der Waals surface area contributed by atoms with Crippen LogP contribution in [0.15, 0.2) is 22.7 Å². The van der Waals surface area contributed by atoms with Crippen LogP contribution in [-0.2, 0) is 6.54 Å². The standard InChI is InChI=1S/C11H11ClFN3O/c1-2-14-6-10-15-11(17-16-10)7-3-4-8(12)9(13)5-7/h3-5,14H,2,6H2,1H3. The first-order valence-electron chi connectivity index (χ1n) is 5.19. The first kappa shape index (κ1) is 12.0. The molecule has 1 heterocycles. The zero-order valence-electron chi connectivity index (χ0n) is 9.20. The number of hydrogen-bond donors (Lipinski definition) is 1. The minimum absolute atomic E-state index is 0.0705. The largest absolute Gasteiger partial charge is 0.334 e. The molecule has 0 amide bonds. The van der Waals surface area contributed by atoms with Crippen molar-refractivity contribution in [1.29, 1.82) is 0 Å². The molecule has 0 bridgehead atoms. The maximum absolute atomic E-state index is 13.2. The number of rotatable bonds is 4. The average Bonchev–Trinajstić information content (AvgIpc) is 2.79. The predicted molar refractivity (Wildman–Crippen MR) is 62.1 cm³/mol. The molecule has 0 unspecified atom stereocenters. The van der Waals surface area contributed by atoms with Crippen LogP contribution in [0, 0.1) is 5.82 Å². The summed E-state index contributed by atoms with van der Waals surface area (Å²) in [5, 5.41) is 6.92. The van der Waals surface area contributed by atoms with Crippen LogP contribution in [0.5, 0.6) is 0 Å². The highest BCUT2D eigenvalue weighted by atomic mass is 35.5. The third-order valence-corrected chi connectivity index (χ3v) is 2.47. The Morgan fingerprint density at radius 3 is 3.00 bits per heavy atom. The second-order valence-corrected chi connectivity index (χ2v) is 3.83. The van der Waals surface area contributed by atoms with Crippen LogP contribution in [0.25, 0.3) is 11.5 Å². The lowest BCUT2D eigenvalue weighted by Crippen LogP contribution is -2.12. The van der Waals surface area contributed by atoms with E-state index < -0.39 is 5.82 Å². The van der Waals surface area contributed by atoms with Crippen LogP contribution in [0.4, 0.5) is 4.39 Å². The van der Waals surface area contributed by atoms with E-state index in [9.17, 15) is 4.39 Å². The summed E-state index contributed by atoms with van der Waals surface area (Å²) in [6.45, 7) is 3.32. The van der Waals surface area contributed by atoms with Crippen LogP contribution < -0.4 is 5.32 Å². The fourth-order valence-electron chi connectivity index (χ4n) is 1.31. The number of aromatic nitrogens is 2.